The smallest absolute Gasteiger partial charge is 0.0540 e. The second-order valence-corrected chi connectivity index (χ2v) is 14.8. The van der Waals surface area contributed by atoms with Crippen molar-refractivity contribution in [1.29, 1.82) is 0 Å². The van der Waals surface area contributed by atoms with E-state index >= 15 is 0 Å². The quantitative estimate of drug-likeness (QED) is 0.184. The number of nitrogens with zero attached hydrogens (tertiary/aromatic N) is 1. The van der Waals surface area contributed by atoms with Gasteiger partial charge in [-0.3, -0.25) is 0 Å². The Kier molecular flexibility index (Phi) is 6.16. The van der Waals surface area contributed by atoms with Crippen LogP contribution in [-0.2, 0) is 5.41 Å². The third-order valence-electron chi connectivity index (χ3n) is 10.7. The van der Waals surface area contributed by atoms with E-state index in [0.717, 1.165) is 5.69 Å². The summed E-state index contributed by atoms with van der Waals surface area (Å²) in [5.74, 6) is 0. The second kappa shape index (κ2) is 10.7. The topological polar surface area (TPSA) is 3.24 Å². The van der Waals surface area contributed by atoms with E-state index in [9.17, 15) is 0 Å². The van der Waals surface area contributed by atoms with Crippen LogP contribution in [0.5, 0.6) is 0 Å². The normalized spacial score (nSPS) is 13.3. The van der Waals surface area contributed by atoms with Crippen LogP contribution in [0.2, 0.25) is 0 Å². The summed E-state index contributed by atoms with van der Waals surface area (Å²) in [6, 6.07) is 60.6. The van der Waals surface area contributed by atoms with Crippen LogP contribution in [0.15, 0.2) is 164 Å². The van der Waals surface area contributed by atoms with Crippen LogP contribution in [0.1, 0.15) is 25.0 Å². The molecule has 0 amide bonds. The Morgan fingerprint density at radius 3 is 2.02 bits per heavy atom. The van der Waals surface area contributed by atoms with Gasteiger partial charge in [-0.15, -0.1) is 11.3 Å². The third kappa shape index (κ3) is 4.24. The summed E-state index contributed by atoms with van der Waals surface area (Å²) in [5, 5.41) is 7.77. The van der Waals surface area contributed by atoms with E-state index in [4.69, 9.17) is 0 Å². The van der Waals surface area contributed by atoms with E-state index in [0.29, 0.717) is 0 Å². The highest BCUT2D eigenvalue weighted by atomic mass is 32.1. The lowest BCUT2D eigenvalue weighted by molar-refractivity contribution is 0.660. The fourth-order valence-corrected chi connectivity index (χ4v) is 9.40. The molecule has 0 unspecified atom stereocenters. The summed E-state index contributed by atoms with van der Waals surface area (Å²) in [6.45, 7) is 4.71. The molecule has 1 aromatic heterocycles. The van der Waals surface area contributed by atoms with Gasteiger partial charge in [-0.2, -0.15) is 0 Å². The molecule has 0 saturated heterocycles. The van der Waals surface area contributed by atoms with Crippen LogP contribution < -0.4 is 4.90 Å². The number of rotatable bonds is 4. The summed E-state index contributed by atoms with van der Waals surface area (Å²) in [4.78, 5) is 2.44. The van der Waals surface area contributed by atoms with Crippen LogP contribution in [0.3, 0.4) is 0 Å². The fourth-order valence-electron chi connectivity index (χ4n) is 8.29. The Morgan fingerprint density at radius 1 is 0.449 bits per heavy atom. The zero-order valence-corrected chi connectivity index (χ0v) is 28.3. The number of benzene rings is 8. The maximum atomic E-state index is 2.44. The second-order valence-electron chi connectivity index (χ2n) is 13.7. The first-order valence-corrected chi connectivity index (χ1v) is 17.8. The molecule has 1 aliphatic carbocycles. The number of hydrogen-bond acceptors (Lipinski definition) is 2. The van der Waals surface area contributed by atoms with Crippen molar-refractivity contribution in [2.45, 2.75) is 19.3 Å². The average molecular weight is 644 g/mol. The van der Waals surface area contributed by atoms with Gasteiger partial charge in [0.1, 0.15) is 0 Å². The van der Waals surface area contributed by atoms with Crippen LogP contribution in [0.25, 0.3) is 64.0 Å². The highest BCUT2D eigenvalue weighted by Crippen LogP contribution is 2.51. The molecule has 1 heterocycles. The molecule has 9 aromatic rings. The van der Waals surface area contributed by atoms with Crippen LogP contribution in [-0.4, -0.2) is 0 Å². The molecule has 49 heavy (non-hydrogen) atoms. The molecule has 232 valence electrons. The largest absolute Gasteiger partial charge is 0.310 e. The molecule has 0 atom stereocenters. The average Bonchev–Trinajstić information content (AvgIpc) is 3.64. The van der Waals surface area contributed by atoms with Gasteiger partial charge in [-0.05, 0) is 92.0 Å². The highest BCUT2D eigenvalue weighted by molar-refractivity contribution is 7.26. The summed E-state index contributed by atoms with van der Waals surface area (Å²) < 4.78 is 2.67. The minimum absolute atomic E-state index is 0.0816. The van der Waals surface area contributed by atoms with Gasteiger partial charge in [0.25, 0.3) is 0 Å². The number of thiophene rings is 1. The van der Waals surface area contributed by atoms with Gasteiger partial charge in [0.05, 0.1) is 5.69 Å². The Hall–Kier alpha value is -5.70. The molecule has 2 heteroatoms. The first-order chi connectivity index (χ1) is 24.1. The molecule has 0 aliphatic heterocycles. The number of anilines is 3. The first-order valence-electron chi connectivity index (χ1n) is 17.0. The molecule has 0 saturated carbocycles. The minimum Gasteiger partial charge on any atom is -0.310 e. The molecule has 1 nitrogen and oxygen atoms in total. The SMILES string of the molecule is CC1(C)c2ccccc2-c2ccc(N(c3ccc(-c4cccc5ccc6sc7ccccc7c6c45)cc3)c3cccc4ccccc34)cc21. The summed E-state index contributed by atoms with van der Waals surface area (Å²) in [7, 11) is 0. The molecule has 1 aliphatic rings. The van der Waals surface area contributed by atoms with Crippen molar-refractivity contribution in [3.8, 4) is 22.3 Å². The zero-order chi connectivity index (χ0) is 32.7. The van der Waals surface area contributed by atoms with Crippen LogP contribution >= 0.6 is 11.3 Å². The van der Waals surface area contributed by atoms with Gasteiger partial charge in [0.15, 0.2) is 0 Å². The highest BCUT2D eigenvalue weighted by Gasteiger charge is 2.35. The van der Waals surface area contributed by atoms with Crippen molar-refractivity contribution in [3.05, 3.63) is 175 Å². The van der Waals surface area contributed by atoms with E-state index < -0.39 is 0 Å². The maximum absolute atomic E-state index is 2.44. The third-order valence-corrected chi connectivity index (χ3v) is 11.8. The Balaban J connectivity index is 1.16. The number of hydrogen-bond donors (Lipinski definition) is 0. The predicted molar refractivity (Wildman–Crippen MR) is 212 cm³/mol. The number of fused-ring (bicyclic) bond motifs is 9. The Labute approximate surface area is 290 Å². The lowest BCUT2D eigenvalue weighted by Crippen LogP contribution is -2.16. The van der Waals surface area contributed by atoms with Gasteiger partial charge in [-0.1, -0.05) is 135 Å². The van der Waals surface area contributed by atoms with Crippen molar-refractivity contribution in [2.24, 2.45) is 0 Å². The molecule has 0 bridgehead atoms. The molecule has 10 rings (SSSR count). The first kappa shape index (κ1) is 28.3. The summed E-state index contributed by atoms with van der Waals surface area (Å²) >= 11 is 1.88. The van der Waals surface area contributed by atoms with E-state index in [-0.39, 0.29) is 5.41 Å². The van der Waals surface area contributed by atoms with Crippen molar-refractivity contribution in [3.63, 3.8) is 0 Å². The monoisotopic (exact) mass is 643 g/mol. The van der Waals surface area contributed by atoms with Crippen LogP contribution in [0, 0.1) is 0 Å². The molecule has 0 fully saturated rings. The van der Waals surface area contributed by atoms with Gasteiger partial charge >= 0.3 is 0 Å². The maximum Gasteiger partial charge on any atom is 0.0540 e. The fraction of sp³-hybridized carbons (Fsp3) is 0.0638. The summed E-state index contributed by atoms with van der Waals surface area (Å²) in [6.07, 6.45) is 0. The van der Waals surface area contributed by atoms with E-state index in [2.05, 4.69) is 183 Å². The van der Waals surface area contributed by atoms with Crippen molar-refractivity contribution in [2.75, 3.05) is 4.90 Å². The van der Waals surface area contributed by atoms with Crippen LogP contribution in [0.4, 0.5) is 17.1 Å². The van der Waals surface area contributed by atoms with Gasteiger partial charge in [-0.25, -0.2) is 0 Å². The van der Waals surface area contributed by atoms with E-state index in [1.165, 1.54) is 86.5 Å². The Morgan fingerprint density at radius 2 is 1.12 bits per heavy atom. The van der Waals surface area contributed by atoms with Crippen molar-refractivity contribution in [1.82, 2.24) is 0 Å². The predicted octanol–water partition coefficient (Wildman–Crippen LogP) is 13.8. The van der Waals surface area contributed by atoms with Gasteiger partial charge in [0, 0.05) is 42.3 Å². The molecule has 0 N–H and O–H groups in total. The lowest BCUT2D eigenvalue weighted by Gasteiger charge is -2.29. The minimum atomic E-state index is -0.0816. The standard InChI is InChI=1S/C47H33NS/c1-47(2)40-18-7-5-15-37(40)38-27-26-34(29-41(38)47)48(42-19-10-12-30-11-3-4-14-35(30)42)33-24-21-31(22-25-33)36-17-9-13-32-23-28-44-46(45(32)36)39-16-6-8-20-43(39)49-44/h3-29H,1-2H3. The zero-order valence-electron chi connectivity index (χ0n) is 27.4. The Bertz CT molecular complexity index is 2740. The van der Waals surface area contributed by atoms with E-state index in [1.807, 2.05) is 11.3 Å². The van der Waals surface area contributed by atoms with Gasteiger partial charge < -0.3 is 4.90 Å². The molecular formula is C47H33NS. The molecular weight excluding hydrogens is 611 g/mol. The molecule has 0 spiro atoms. The van der Waals surface area contributed by atoms with Gasteiger partial charge in [0.2, 0.25) is 0 Å². The molecule has 0 radical (unpaired) electrons. The summed E-state index contributed by atoms with van der Waals surface area (Å²) in [5.41, 5.74) is 11.3. The molecule has 8 aromatic carbocycles. The van der Waals surface area contributed by atoms with E-state index in [1.54, 1.807) is 0 Å². The van der Waals surface area contributed by atoms with Crippen molar-refractivity contribution >= 4 is 70.1 Å². The lowest BCUT2D eigenvalue weighted by atomic mass is 9.82. The van der Waals surface area contributed by atoms with Crippen molar-refractivity contribution < 1.29 is 0 Å².